The largest absolute Gasteiger partial charge is 0.566 e. The highest BCUT2D eigenvalue weighted by atomic mass is 31.1. The van der Waals surface area contributed by atoms with Crippen molar-refractivity contribution in [3.63, 3.8) is 0 Å². The van der Waals surface area contributed by atoms with Crippen LogP contribution in [0.25, 0.3) is 0 Å². The minimum atomic E-state index is -2.60. The van der Waals surface area contributed by atoms with Crippen LogP contribution in [0.1, 0.15) is 78.1 Å². The Balaban J connectivity index is 0. The third kappa shape index (κ3) is 27.3. The van der Waals surface area contributed by atoms with Crippen LogP contribution in [-0.4, -0.2) is 13.2 Å². The minimum absolute atomic E-state index is 0.235. The maximum atomic E-state index is 9.41. The molecule has 0 aliphatic rings. The van der Waals surface area contributed by atoms with Gasteiger partial charge in [-0.1, -0.05) is 58.3 Å². The molecule has 0 bridgehead atoms. The van der Waals surface area contributed by atoms with Crippen LogP contribution in [0, 0.1) is 0 Å². The lowest BCUT2D eigenvalue weighted by molar-refractivity contribution is -0.368. The Hall–Kier alpha value is -0.0200. The van der Waals surface area contributed by atoms with Crippen LogP contribution in [0.5, 0.6) is 0 Å². The van der Waals surface area contributed by atoms with Crippen LogP contribution in [0.4, 0.5) is 0 Å². The lowest BCUT2D eigenvalue weighted by Gasteiger charge is -2.00. The molecular weight excluding hydrogens is 261 g/mol. The van der Waals surface area contributed by atoms with Gasteiger partial charge in [0, 0.05) is 0 Å². The SMILES string of the molecule is CCCCCCCCCCCC[NH3+].CCO[P+](=O)[O-]. The van der Waals surface area contributed by atoms with E-state index in [2.05, 4.69) is 17.2 Å². The predicted octanol–water partition coefficient (Wildman–Crippen LogP) is 3.19. The minimum Gasteiger partial charge on any atom is -0.566 e. The van der Waals surface area contributed by atoms with Gasteiger partial charge in [0.05, 0.1) is 13.2 Å². The van der Waals surface area contributed by atoms with Crippen molar-refractivity contribution in [1.29, 1.82) is 0 Å². The number of quaternary nitrogens is 1. The molecule has 1 unspecified atom stereocenters. The third-order valence-corrected chi connectivity index (χ3v) is 3.31. The maximum Gasteiger partial charge on any atom is 0.488 e. The topological polar surface area (TPSA) is 77.0 Å². The molecule has 0 aromatic heterocycles. The van der Waals surface area contributed by atoms with Crippen molar-refractivity contribution < 1.29 is 19.7 Å². The molecule has 0 spiro atoms. The lowest BCUT2D eigenvalue weighted by atomic mass is 10.1. The first-order valence-electron chi connectivity index (χ1n) is 7.75. The molecule has 0 saturated carbocycles. The smallest absolute Gasteiger partial charge is 0.488 e. The molecule has 0 aromatic rings. The molecule has 19 heavy (non-hydrogen) atoms. The van der Waals surface area contributed by atoms with Crippen molar-refractivity contribution in [2.24, 2.45) is 0 Å². The number of unbranched alkanes of at least 4 members (excludes halogenated alkanes) is 9. The van der Waals surface area contributed by atoms with Crippen molar-refractivity contribution in [2.45, 2.75) is 78.1 Å². The second kappa shape index (κ2) is 20.3. The van der Waals surface area contributed by atoms with E-state index in [1.165, 1.54) is 64.2 Å². The van der Waals surface area contributed by atoms with Gasteiger partial charge in [-0.2, -0.15) is 0 Å². The van der Waals surface area contributed by atoms with E-state index in [1.807, 2.05) is 0 Å². The molecule has 3 N–H and O–H groups in total. The van der Waals surface area contributed by atoms with Crippen LogP contribution in [0.2, 0.25) is 0 Å². The highest BCUT2D eigenvalue weighted by Crippen LogP contribution is 2.09. The van der Waals surface area contributed by atoms with E-state index >= 15 is 0 Å². The summed E-state index contributed by atoms with van der Waals surface area (Å²) < 4.78 is 13.4. The van der Waals surface area contributed by atoms with Crippen molar-refractivity contribution in [3.05, 3.63) is 0 Å². The van der Waals surface area contributed by atoms with E-state index in [1.54, 1.807) is 6.92 Å². The fraction of sp³-hybridized carbons (Fsp3) is 1.00. The van der Waals surface area contributed by atoms with Gasteiger partial charge in [0.15, 0.2) is 0 Å². The quantitative estimate of drug-likeness (QED) is 0.443. The summed E-state index contributed by atoms with van der Waals surface area (Å²) in [6.45, 7) is 5.25. The number of rotatable bonds is 12. The first kappa shape index (κ1) is 21.3. The van der Waals surface area contributed by atoms with Crippen molar-refractivity contribution in [1.82, 2.24) is 0 Å². The summed E-state index contributed by atoms with van der Waals surface area (Å²) in [6.07, 6.45) is 14.2. The average molecular weight is 294 g/mol. The number of hydrogen-bond donors (Lipinski definition) is 1. The maximum absolute atomic E-state index is 9.41. The monoisotopic (exact) mass is 294 g/mol. The Bertz CT molecular complexity index is 170. The fourth-order valence-electron chi connectivity index (χ4n) is 1.77. The third-order valence-electron chi connectivity index (χ3n) is 2.84. The first-order chi connectivity index (χ1) is 9.18. The molecule has 116 valence electrons. The zero-order valence-corrected chi connectivity index (χ0v) is 13.8. The lowest BCUT2D eigenvalue weighted by Crippen LogP contribution is -2.50. The molecule has 0 aliphatic carbocycles. The van der Waals surface area contributed by atoms with Crippen LogP contribution in [0.15, 0.2) is 0 Å². The molecule has 0 fully saturated rings. The van der Waals surface area contributed by atoms with Crippen molar-refractivity contribution >= 4 is 8.25 Å². The standard InChI is InChI=1S/C12H27N.C2H5O3P/c1-2-3-4-5-6-7-8-9-10-11-12-13;1-2-5-6(3)4/h2-13H2,1H3;2H2,1H3/p+1. The van der Waals surface area contributed by atoms with Gasteiger partial charge >= 0.3 is 8.25 Å². The molecule has 0 amide bonds. The first-order valence-corrected chi connectivity index (χ1v) is 8.85. The second-order valence-corrected chi connectivity index (χ2v) is 5.38. The van der Waals surface area contributed by atoms with Crippen molar-refractivity contribution in [3.8, 4) is 0 Å². The summed E-state index contributed by atoms with van der Waals surface area (Å²) in [7, 11) is -2.60. The normalized spacial score (nSPS) is 10.8. The summed E-state index contributed by atoms with van der Waals surface area (Å²) in [4.78, 5) is 9.41. The van der Waals surface area contributed by atoms with E-state index in [-0.39, 0.29) is 6.61 Å². The number of hydrogen-bond acceptors (Lipinski definition) is 3. The molecule has 0 aromatic carbocycles. The van der Waals surface area contributed by atoms with E-state index in [9.17, 15) is 9.46 Å². The fourth-order valence-corrected chi connectivity index (χ4v) is 1.98. The molecule has 5 heteroatoms. The molecular formula is C14H33NO3P+. The zero-order valence-electron chi connectivity index (χ0n) is 12.9. The van der Waals surface area contributed by atoms with Gasteiger partial charge in [0.2, 0.25) is 0 Å². The van der Waals surface area contributed by atoms with Crippen LogP contribution in [-0.2, 0) is 9.09 Å². The molecule has 0 heterocycles. The highest BCUT2D eigenvalue weighted by molar-refractivity contribution is 7.30. The van der Waals surface area contributed by atoms with Gasteiger partial charge in [-0.05, 0) is 24.3 Å². The predicted molar refractivity (Wildman–Crippen MR) is 78.8 cm³/mol. The van der Waals surface area contributed by atoms with E-state index in [0.717, 1.165) is 6.54 Å². The van der Waals surface area contributed by atoms with Gasteiger partial charge in [0.1, 0.15) is 0 Å². The summed E-state index contributed by atoms with van der Waals surface area (Å²) in [5.74, 6) is 0. The zero-order chi connectivity index (χ0) is 14.8. The Labute approximate surface area is 120 Å². The molecule has 4 nitrogen and oxygen atoms in total. The van der Waals surface area contributed by atoms with Crippen LogP contribution < -0.4 is 10.6 Å². The van der Waals surface area contributed by atoms with Gasteiger partial charge < -0.3 is 10.6 Å². The molecule has 0 radical (unpaired) electrons. The van der Waals surface area contributed by atoms with Gasteiger partial charge in [-0.25, -0.2) is 0 Å². The highest BCUT2D eigenvalue weighted by Gasteiger charge is 1.92. The Kier molecular flexibility index (Phi) is 22.7. The average Bonchev–Trinajstić information content (AvgIpc) is 2.37. The van der Waals surface area contributed by atoms with E-state index in [4.69, 9.17) is 0 Å². The second-order valence-electron chi connectivity index (χ2n) is 4.68. The van der Waals surface area contributed by atoms with Crippen molar-refractivity contribution in [2.75, 3.05) is 13.2 Å². The summed E-state index contributed by atoms with van der Waals surface area (Å²) >= 11 is 0. The molecule has 0 aliphatic heterocycles. The Morgan fingerprint density at radius 3 is 1.58 bits per heavy atom. The molecule has 1 atom stereocenters. The summed E-state index contributed by atoms with van der Waals surface area (Å²) in [5, 5.41) is 0. The Morgan fingerprint density at radius 1 is 0.895 bits per heavy atom. The Morgan fingerprint density at radius 2 is 1.32 bits per heavy atom. The van der Waals surface area contributed by atoms with Gasteiger partial charge in [-0.3, -0.25) is 0 Å². The van der Waals surface area contributed by atoms with Gasteiger partial charge in [-0.15, -0.1) is 4.52 Å². The van der Waals surface area contributed by atoms with Crippen LogP contribution in [0.3, 0.4) is 0 Å². The van der Waals surface area contributed by atoms with Crippen LogP contribution >= 0.6 is 8.25 Å². The molecule has 0 rings (SSSR count). The summed E-state index contributed by atoms with van der Waals surface area (Å²) in [5.41, 5.74) is 3.85. The van der Waals surface area contributed by atoms with Gasteiger partial charge in [0.25, 0.3) is 0 Å². The van der Waals surface area contributed by atoms with E-state index < -0.39 is 8.25 Å². The van der Waals surface area contributed by atoms with E-state index in [0.29, 0.717) is 0 Å². The molecule has 0 saturated heterocycles. The summed E-state index contributed by atoms with van der Waals surface area (Å²) in [6, 6.07) is 0.